The minimum Gasteiger partial charge on any atom is -0.491 e. The average Bonchev–Trinajstić information content (AvgIpc) is 3.03. The molecule has 2 aromatic carbocycles. The second kappa shape index (κ2) is 26.8. The third-order valence-corrected chi connectivity index (χ3v) is 5.52. The van der Waals surface area contributed by atoms with E-state index in [1.54, 1.807) is 30.3 Å². The van der Waals surface area contributed by atoms with Gasteiger partial charge in [0.1, 0.15) is 31.0 Å². The van der Waals surface area contributed by atoms with Crippen molar-refractivity contribution in [2.75, 3.05) is 125 Å². The van der Waals surface area contributed by atoms with Crippen molar-refractivity contribution in [1.82, 2.24) is 0 Å². The highest BCUT2D eigenvalue weighted by Crippen LogP contribution is 2.19. The Balaban J connectivity index is 1.18. The van der Waals surface area contributed by atoms with E-state index in [-0.39, 0.29) is 0 Å². The molecule has 0 heterocycles. The number of aldehydes is 1. The summed E-state index contributed by atoms with van der Waals surface area (Å²) in [5, 5.41) is 0. The Bertz CT molecular complexity index is 917. The Morgan fingerprint density at radius 2 is 0.791 bits per heavy atom. The highest BCUT2D eigenvalue weighted by Gasteiger charge is 1.99. The third-order valence-electron chi connectivity index (χ3n) is 5.52. The van der Waals surface area contributed by atoms with Gasteiger partial charge in [-0.25, -0.2) is 0 Å². The summed E-state index contributed by atoms with van der Waals surface area (Å²) in [5.74, 6) is 1.37. The maximum Gasteiger partial charge on any atom is 0.150 e. The topological polar surface area (TPSA) is 135 Å². The summed E-state index contributed by atoms with van der Waals surface area (Å²) in [6.45, 7) is 8.72. The van der Waals surface area contributed by atoms with Crippen LogP contribution >= 0.6 is 0 Å². The lowest BCUT2D eigenvalue weighted by Gasteiger charge is -2.10. The van der Waals surface area contributed by atoms with Gasteiger partial charge in [-0.15, -0.1) is 0 Å². The molecule has 0 bridgehead atoms. The first-order valence-electron chi connectivity index (χ1n) is 14.6. The lowest BCUT2D eigenvalue weighted by Crippen LogP contribution is -2.15. The lowest BCUT2D eigenvalue weighted by atomic mass is 10.2. The van der Waals surface area contributed by atoms with E-state index in [1.807, 2.05) is 18.2 Å². The Morgan fingerprint density at radius 1 is 0.442 bits per heavy atom. The van der Waals surface area contributed by atoms with Crippen LogP contribution in [-0.2, 0) is 37.9 Å². The molecule has 0 aliphatic heterocycles. The van der Waals surface area contributed by atoms with Crippen LogP contribution < -0.4 is 15.2 Å². The zero-order chi connectivity index (χ0) is 30.5. The minimum atomic E-state index is 0.431. The smallest absolute Gasteiger partial charge is 0.150 e. The molecule has 0 unspecified atom stereocenters. The first kappa shape index (κ1) is 36.4. The van der Waals surface area contributed by atoms with Gasteiger partial charge in [0, 0.05) is 5.56 Å². The Labute approximate surface area is 254 Å². The highest BCUT2D eigenvalue weighted by atomic mass is 16.6. The molecule has 12 nitrogen and oxygen atoms in total. The molecular formula is C31H47NO11. The number of nitrogen functional groups attached to an aromatic ring is 1. The van der Waals surface area contributed by atoms with Crippen molar-refractivity contribution in [2.24, 2.45) is 0 Å². The van der Waals surface area contributed by atoms with E-state index in [4.69, 9.17) is 53.1 Å². The van der Waals surface area contributed by atoms with Crippen LogP contribution in [0, 0.1) is 0 Å². The number of para-hydroxylation sites is 2. The number of carbonyl (C=O) groups is 1. The second-order valence-corrected chi connectivity index (χ2v) is 8.82. The molecule has 242 valence electrons. The standard InChI is InChI=1S/C31H47NO11/c32-30-3-1-2-4-31(30)43-26-24-41-22-20-39-18-16-37-14-12-35-10-9-34-11-13-36-15-17-38-19-21-40-23-25-42-29-7-5-28(27-33)6-8-29/h1-8,27H,9-26,32H2. The number of rotatable bonds is 30. The summed E-state index contributed by atoms with van der Waals surface area (Å²) in [6, 6.07) is 14.3. The highest BCUT2D eigenvalue weighted by molar-refractivity contribution is 5.74. The van der Waals surface area contributed by atoms with Crippen molar-refractivity contribution in [3.8, 4) is 11.5 Å². The van der Waals surface area contributed by atoms with Gasteiger partial charge >= 0.3 is 0 Å². The van der Waals surface area contributed by atoms with Gasteiger partial charge in [-0.1, -0.05) is 12.1 Å². The van der Waals surface area contributed by atoms with Gasteiger partial charge in [0.25, 0.3) is 0 Å². The maximum absolute atomic E-state index is 10.6. The van der Waals surface area contributed by atoms with Crippen LogP contribution in [0.4, 0.5) is 5.69 Å². The Morgan fingerprint density at radius 3 is 1.16 bits per heavy atom. The van der Waals surface area contributed by atoms with Gasteiger partial charge in [0.15, 0.2) is 0 Å². The number of benzene rings is 2. The summed E-state index contributed by atoms with van der Waals surface area (Å²) < 4.78 is 54.8. The number of anilines is 1. The molecule has 12 heteroatoms. The fourth-order valence-corrected chi connectivity index (χ4v) is 3.33. The first-order chi connectivity index (χ1) is 21.3. The van der Waals surface area contributed by atoms with Gasteiger partial charge in [-0.2, -0.15) is 0 Å². The van der Waals surface area contributed by atoms with E-state index in [1.165, 1.54) is 0 Å². The first-order valence-corrected chi connectivity index (χ1v) is 14.6. The summed E-state index contributed by atoms with van der Waals surface area (Å²) in [7, 11) is 0. The summed E-state index contributed by atoms with van der Waals surface area (Å²) >= 11 is 0. The molecule has 0 saturated heterocycles. The number of ether oxygens (including phenoxy) is 10. The van der Waals surface area contributed by atoms with Crippen LogP contribution in [0.2, 0.25) is 0 Å². The monoisotopic (exact) mass is 609 g/mol. The van der Waals surface area contributed by atoms with Crippen LogP contribution in [0.5, 0.6) is 11.5 Å². The van der Waals surface area contributed by atoms with E-state index >= 15 is 0 Å². The molecule has 0 saturated carbocycles. The van der Waals surface area contributed by atoms with E-state index < -0.39 is 0 Å². The van der Waals surface area contributed by atoms with E-state index in [0.717, 1.165) is 6.29 Å². The van der Waals surface area contributed by atoms with Gasteiger partial charge in [-0.05, 0) is 36.4 Å². The molecule has 0 aromatic heterocycles. The normalized spacial score (nSPS) is 11.1. The molecule has 43 heavy (non-hydrogen) atoms. The van der Waals surface area contributed by atoms with Crippen molar-refractivity contribution in [2.45, 2.75) is 0 Å². The van der Waals surface area contributed by atoms with Crippen molar-refractivity contribution >= 4 is 12.0 Å². The van der Waals surface area contributed by atoms with Gasteiger partial charge < -0.3 is 53.1 Å². The third kappa shape index (κ3) is 20.7. The van der Waals surface area contributed by atoms with Crippen LogP contribution in [0.15, 0.2) is 48.5 Å². The molecule has 0 atom stereocenters. The van der Waals surface area contributed by atoms with Crippen LogP contribution in [0.25, 0.3) is 0 Å². The van der Waals surface area contributed by atoms with Crippen molar-refractivity contribution < 1.29 is 52.2 Å². The molecule has 0 spiro atoms. The number of hydrogen-bond acceptors (Lipinski definition) is 12. The van der Waals surface area contributed by atoms with Crippen LogP contribution in [0.1, 0.15) is 10.4 Å². The Hall–Kier alpha value is -2.81. The summed E-state index contributed by atoms with van der Waals surface area (Å²) in [6.07, 6.45) is 0.797. The SMILES string of the molecule is Nc1ccccc1OCCOCCOCCOCCOCCOCCOCCOCCOCCOc1ccc(C=O)cc1. The van der Waals surface area contributed by atoms with Crippen molar-refractivity contribution in [3.63, 3.8) is 0 Å². The predicted molar refractivity (Wildman–Crippen MR) is 160 cm³/mol. The summed E-state index contributed by atoms with van der Waals surface area (Å²) in [4.78, 5) is 10.6. The minimum absolute atomic E-state index is 0.431. The molecule has 0 amide bonds. The number of hydrogen-bond donors (Lipinski definition) is 1. The zero-order valence-corrected chi connectivity index (χ0v) is 25.0. The van der Waals surface area contributed by atoms with Gasteiger partial charge in [0.2, 0.25) is 0 Å². The van der Waals surface area contributed by atoms with Gasteiger partial charge in [0.05, 0.1) is 111 Å². The molecular weight excluding hydrogens is 562 g/mol. The molecule has 2 rings (SSSR count). The number of nitrogens with two attached hydrogens (primary N) is 1. The molecule has 0 radical (unpaired) electrons. The van der Waals surface area contributed by atoms with Crippen LogP contribution in [-0.4, -0.2) is 125 Å². The van der Waals surface area contributed by atoms with Gasteiger partial charge in [-0.3, -0.25) is 4.79 Å². The van der Waals surface area contributed by atoms with E-state index in [2.05, 4.69) is 0 Å². The predicted octanol–water partition coefficient (Wildman–Crippen LogP) is 2.67. The molecule has 2 N–H and O–H groups in total. The molecule has 0 fully saturated rings. The molecule has 0 aliphatic rings. The fraction of sp³-hybridized carbons (Fsp3) is 0.581. The maximum atomic E-state index is 10.6. The van der Waals surface area contributed by atoms with Crippen molar-refractivity contribution in [1.29, 1.82) is 0 Å². The van der Waals surface area contributed by atoms with Crippen LogP contribution in [0.3, 0.4) is 0 Å². The Kier molecular flexibility index (Phi) is 22.7. The molecule has 0 aliphatic carbocycles. The number of carbonyl (C=O) groups excluding carboxylic acids is 1. The largest absolute Gasteiger partial charge is 0.491 e. The zero-order valence-electron chi connectivity index (χ0n) is 25.0. The molecule has 2 aromatic rings. The van der Waals surface area contributed by atoms with E-state index in [9.17, 15) is 4.79 Å². The van der Waals surface area contributed by atoms with Crippen molar-refractivity contribution in [3.05, 3.63) is 54.1 Å². The second-order valence-electron chi connectivity index (χ2n) is 8.82. The van der Waals surface area contributed by atoms with E-state index in [0.29, 0.717) is 142 Å². The quantitative estimate of drug-likeness (QED) is 0.0793. The fourth-order valence-electron chi connectivity index (χ4n) is 3.33. The summed E-state index contributed by atoms with van der Waals surface area (Å²) in [5.41, 5.74) is 7.05. The lowest BCUT2D eigenvalue weighted by molar-refractivity contribution is -0.0241. The average molecular weight is 610 g/mol.